The van der Waals surface area contributed by atoms with Gasteiger partial charge in [-0.15, -0.1) is 0 Å². The Morgan fingerprint density at radius 2 is 1.83 bits per heavy atom. The minimum atomic E-state index is -0.249. The first-order chi connectivity index (χ1) is 11.1. The van der Waals surface area contributed by atoms with Crippen LogP contribution in [0.15, 0.2) is 55.1 Å². The third-order valence-corrected chi connectivity index (χ3v) is 4.59. The van der Waals surface area contributed by atoms with Crippen LogP contribution in [0.3, 0.4) is 0 Å². The molecule has 1 aromatic carbocycles. The molecular weight excluding hydrogens is 406 g/mol. The smallest absolute Gasteiger partial charge is 0.137 e. The summed E-state index contributed by atoms with van der Waals surface area (Å²) in [5.41, 5.74) is 4.73. The molecule has 0 bridgehead atoms. The van der Waals surface area contributed by atoms with E-state index in [4.69, 9.17) is 0 Å². The first-order valence-corrected chi connectivity index (χ1v) is 8.14. The Balaban J connectivity index is 1.92. The molecule has 0 aliphatic rings. The van der Waals surface area contributed by atoms with Crippen LogP contribution in [0, 0.1) is 16.4 Å². The van der Waals surface area contributed by atoms with Gasteiger partial charge in [-0.3, -0.25) is 8.97 Å². The van der Waals surface area contributed by atoms with Crippen LogP contribution in [0.2, 0.25) is 0 Å². The second-order valence-electron chi connectivity index (χ2n) is 5.25. The zero-order valence-electron chi connectivity index (χ0n) is 12.2. The lowest BCUT2D eigenvalue weighted by atomic mass is 10.1. The summed E-state index contributed by atoms with van der Waals surface area (Å²) in [7, 11) is 0. The molecule has 4 nitrogen and oxygen atoms in total. The highest BCUT2D eigenvalue weighted by Gasteiger charge is 2.13. The van der Waals surface area contributed by atoms with Gasteiger partial charge in [0.05, 0.1) is 23.9 Å². The van der Waals surface area contributed by atoms with Gasteiger partial charge in [0.15, 0.2) is 0 Å². The Hall–Kier alpha value is -2.22. The zero-order valence-corrected chi connectivity index (χ0v) is 14.4. The summed E-state index contributed by atoms with van der Waals surface area (Å²) in [6.45, 7) is 1.97. The number of imidazole rings is 2. The van der Waals surface area contributed by atoms with Gasteiger partial charge in [0.25, 0.3) is 0 Å². The van der Waals surface area contributed by atoms with Gasteiger partial charge in [-0.1, -0.05) is 0 Å². The van der Waals surface area contributed by atoms with Gasteiger partial charge >= 0.3 is 0 Å². The normalized spacial score (nSPS) is 11.3. The molecule has 114 valence electrons. The van der Waals surface area contributed by atoms with E-state index >= 15 is 0 Å². The monoisotopic (exact) mass is 418 g/mol. The summed E-state index contributed by atoms with van der Waals surface area (Å²) in [5.74, 6) is -0.249. The van der Waals surface area contributed by atoms with E-state index in [1.165, 1.54) is 12.1 Å². The highest BCUT2D eigenvalue weighted by atomic mass is 127. The summed E-state index contributed by atoms with van der Waals surface area (Å²) in [5, 5.41) is 0. The number of benzene rings is 1. The molecule has 0 N–H and O–H groups in total. The van der Waals surface area contributed by atoms with Crippen LogP contribution in [0.5, 0.6) is 0 Å². The van der Waals surface area contributed by atoms with Crippen LogP contribution in [0.4, 0.5) is 4.39 Å². The lowest BCUT2D eigenvalue weighted by molar-refractivity contribution is 0.627. The summed E-state index contributed by atoms with van der Waals surface area (Å²) in [6.07, 6.45) is 5.65. The molecular formula is C17H12FIN4. The number of hydrogen-bond acceptors (Lipinski definition) is 2. The summed E-state index contributed by atoms with van der Waals surface area (Å²) >= 11 is 2.26. The molecule has 23 heavy (non-hydrogen) atoms. The lowest BCUT2D eigenvalue weighted by Gasteiger charge is -2.10. The molecule has 4 rings (SSSR count). The van der Waals surface area contributed by atoms with Crippen LogP contribution in [-0.4, -0.2) is 18.9 Å². The molecule has 0 amide bonds. The number of pyridine rings is 1. The molecule has 0 atom stereocenters. The largest absolute Gasteiger partial charge is 0.299 e. The van der Waals surface area contributed by atoms with Crippen molar-refractivity contribution in [1.29, 1.82) is 0 Å². The quantitative estimate of drug-likeness (QED) is 0.457. The number of halogens is 2. The zero-order chi connectivity index (χ0) is 16.0. The minimum Gasteiger partial charge on any atom is -0.299 e. The third-order valence-electron chi connectivity index (χ3n) is 3.79. The molecule has 3 aromatic heterocycles. The van der Waals surface area contributed by atoms with Crippen LogP contribution < -0.4 is 0 Å². The van der Waals surface area contributed by atoms with E-state index in [1.807, 2.05) is 40.4 Å². The number of nitrogens with zero attached hydrogens (tertiary/aromatic N) is 4. The van der Waals surface area contributed by atoms with E-state index in [0.29, 0.717) is 0 Å². The van der Waals surface area contributed by atoms with E-state index in [9.17, 15) is 4.39 Å². The molecule has 0 fully saturated rings. The van der Waals surface area contributed by atoms with E-state index in [1.54, 1.807) is 18.5 Å². The van der Waals surface area contributed by atoms with Crippen molar-refractivity contribution in [2.45, 2.75) is 6.92 Å². The lowest BCUT2D eigenvalue weighted by Crippen LogP contribution is -1.98. The predicted octanol–water partition coefficient (Wildman–Crippen LogP) is 4.24. The van der Waals surface area contributed by atoms with Crippen LogP contribution in [0.25, 0.3) is 22.6 Å². The van der Waals surface area contributed by atoms with Crippen LogP contribution in [-0.2, 0) is 0 Å². The van der Waals surface area contributed by atoms with Gasteiger partial charge in [0.1, 0.15) is 15.2 Å². The van der Waals surface area contributed by atoms with Crippen LogP contribution >= 0.6 is 22.6 Å². The van der Waals surface area contributed by atoms with Gasteiger partial charge in [0.2, 0.25) is 0 Å². The van der Waals surface area contributed by atoms with Gasteiger partial charge < -0.3 is 0 Å². The van der Waals surface area contributed by atoms with Crippen molar-refractivity contribution < 1.29 is 4.39 Å². The maximum absolute atomic E-state index is 13.2. The Kier molecular flexibility index (Phi) is 3.41. The van der Waals surface area contributed by atoms with Gasteiger partial charge in [-0.25, -0.2) is 14.4 Å². The van der Waals surface area contributed by atoms with Gasteiger partial charge in [-0.05, 0) is 65.9 Å². The van der Waals surface area contributed by atoms with E-state index in [-0.39, 0.29) is 5.82 Å². The maximum Gasteiger partial charge on any atom is 0.137 e. The fourth-order valence-corrected chi connectivity index (χ4v) is 3.20. The first kappa shape index (κ1) is 14.4. The molecule has 0 aliphatic heterocycles. The molecule has 0 saturated carbocycles. The Labute approximate surface area is 145 Å². The second-order valence-corrected chi connectivity index (χ2v) is 6.36. The van der Waals surface area contributed by atoms with Crippen molar-refractivity contribution in [2.24, 2.45) is 0 Å². The topological polar surface area (TPSA) is 35.1 Å². The van der Waals surface area contributed by atoms with Crippen molar-refractivity contribution in [3.63, 3.8) is 0 Å². The van der Waals surface area contributed by atoms with E-state index in [0.717, 1.165) is 32.0 Å². The van der Waals surface area contributed by atoms with Crippen molar-refractivity contribution >= 4 is 28.2 Å². The number of aromatic nitrogens is 4. The molecule has 0 radical (unpaired) electrons. The average molecular weight is 418 g/mol. The van der Waals surface area contributed by atoms with Gasteiger partial charge in [-0.2, -0.15) is 0 Å². The Bertz CT molecular complexity index is 1000. The van der Waals surface area contributed by atoms with Crippen LogP contribution in [0.1, 0.15) is 5.69 Å². The number of aryl methyl sites for hydroxylation is 1. The average Bonchev–Trinajstić information content (AvgIpc) is 3.11. The Morgan fingerprint density at radius 1 is 1.04 bits per heavy atom. The fraction of sp³-hybridized carbons (Fsp3) is 0.0588. The summed E-state index contributed by atoms with van der Waals surface area (Å²) < 4.78 is 18.2. The number of hydrogen-bond donors (Lipinski definition) is 0. The molecule has 0 unspecified atom stereocenters. The van der Waals surface area contributed by atoms with Crippen molar-refractivity contribution in [3.8, 4) is 16.9 Å². The molecule has 0 saturated heterocycles. The van der Waals surface area contributed by atoms with Gasteiger partial charge in [0, 0.05) is 17.4 Å². The molecule has 6 heteroatoms. The number of fused-ring (bicyclic) bond motifs is 1. The molecule has 3 heterocycles. The number of rotatable bonds is 2. The Morgan fingerprint density at radius 3 is 2.61 bits per heavy atom. The van der Waals surface area contributed by atoms with Crippen molar-refractivity contribution in [1.82, 2.24) is 18.9 Å². The van der Waals surface area contributed by atoms with E-state index in [2.05, 4.69) is 32.6 Å². The summed E-state index contributed by atoms with van der Waals surface area (Å²) in [4.78, 5) is 8.77. The molecule has 0 aliphatic carbocycles. The standard InChI is InChI=1S/C17H12FIN4/c1-11-17(12-2-7-16-20-8-15(19)22(16)9-12)23(10-21-11)14-5-3-13(18)4-6-14/h2-10H,1H3. The summed E-state index contributed by atoms with van der Waals surface area (Å²) in [6, 6.07) is 10.4. The highest BCUT2D eigenvalue weighted by molar-refractivity contribution is 14.1. The predicted molar refractivity (Wildman–Crippen MR) is 95.2 cm³/mol. The van der Waals surface area contributed by atoms with Crippen molar-refractivity contribution in [3.05, 3.63) is 70.3 Å². The third kappa shape index (κ3) is 2.42. The fourth-order valence-electron chi connectivity index (χ4n) is 2.67. The first-order valence-electron chi connectivity index (χ1n) is 7.06. The SMILES string of the molecule is Cc1ncn(-c2ccc(F)cc2)c1-c1ccc2ncc(I)n2c1. The minimum absolute atomic E-state index is 0.249. The molecule has 4 aromatic rings. The molecule has 0 spiro atoms. The van der Waals surface area contributed by atoms with E-state index < -0.39 is 0 Å². The van der Waals surface area contributed by atoms with Crippen molar-refractivity contribution in [2.75, 3.05) is 0 Å². The maximum atomic E-state index is 13.2. The highest BCUT2D eigenvalue weighted by Crippen LogP contribution is 2.27. The second kappa shape index (κ2) is 5.45.